The van der Waals surface area contributed by atoms with Gasteiger partial charge in [-0.3, -0.25) is 0 Å². The molecule has 0 amide bonds. The Morgan fingerprint density at radius 1 is 0.917 bits per heavy atom. The molecule has 120 valence electrons. The number of aryl methyl sites for hydroxylation is 1. The molecule has 0 saturated heterocycles. The highest BCUT2D eigenvalue weighted by Gasteiger charge is 2.09. The third-order valence-corrected chi connectivity index (χ3v) is 3.83. The largest absolute Gasteiger partial charge is 0.250 e. The van der Waals surface area contributed by atoms with Gasteiger partial charge in [0.2, 0.25) is 0 Å². The molecule has 0 N–H and O–H groups in total. The first kappa shape index (κ1) is 16.1. The van der Waals surface area contributed by atoms with E-state index in [0.717, 1.165) is 39.6 Å². The zero-order valence-corrected chi connectivity index (χ0v) is 14.3. The maximum atomic E-state index is 4.84. The Kier molecular flexibility index (Phi) is 4.80. The van der Waals surface area contributed by atoms with Gasteiger partial charge in [-0.25, -0.2) is 15.0 Å². The molecule has 2 heterocycles. The molecule has 24 heavy (non-hydrogen) atoms. The molecule has 0 bridgehead atoms. The highest BCUT2D eigenvalue weighted by atomic mass is 14.9. The summed E-state index contributed by atoms with van der Waals surface area (Å²) in [4.78, 5) is 14.2. The molecule has 0 fully saturated rings. The average molecular weight is 315 g/mol. The van der Waals surface area contributed by atoms with Crippen LogP contribution in [-0.4, -0.2) is 15.0 Å². The molecule has 0 radical (unpaired) electrons. The fourth-order valence-electron chi connectivity index (χ4n) is 2.72. The van der Waals surface area contributed by atoms with Crippen LogP contribution in [0.2, 0.25) is 0 Å². The smallest absolute Gasteiger partial charge is 0.179 e. The van der Waals surface area contributed by atoms with Gasteiger partial charge in [0, 0.05) is 16.5 Å². The summed E-state index contributed by atoms with van der Waals surface area (Å²) < 4.78 is 0. The van der Waals surface area contributed by atoms with E-state index in [9.17, 15) is 0 Å². The number of hydrogen-bond acceptors (Lipinski definition) is 3. The molecule has 3 heteroatoms. The second-order valence-corrected chi connectivity index (χ2v) is 5.63. The maximum Gasteiger partial charge on any atom is 0.179 e. The molecule has 0 atom stereocenters. The first-order valence-electron chi connectivity index (χ1n) is 8.27. The Morgan fingerprint density at radius 2 is 1.71 bits per heavy atom. The van der Waals surface area contributed by atoms with Gasteiger partial charge in [0.15, 0.2) is 5.82 Å². The summed E-state index contributed by atoms with van der Waals surface area (Å²) in [7, 11) is 0. The van der Waals surface area contributed by atoms with Gasteiger partial charge in [0.1, 0.15) is 5.69 Å². The van der Waals surface area contributed by atoms with Gasteiger partial charge < -0.3 is 0 Å². The summed E-state index contributed by atoms with van der Waals surface area (Å²) in [6.07, 6.45) is 5.15. The molecule has 0 saturated carbocycles. The summed E-state index contributed by atoms with van der Waals surface area (Å²) in [6.45, 7) is 6.13. The first-order chi connectivity index (χ1) is 11.7. The maximum absolute atomic E-state index is 4.84. The van der Waals surface area contributed by atoms with Crippen LogP contribution in [0.5, 0.6) is 0 Å². The molecule has 3 nitrogen and oxygen atoms in total. The predicted molar refractivity (Wildman–Crippen MR) is 99.6 cm³/mol. The van der Waals surface area contributed by atoms with Crippen molar-refractivity contribution in [1.82, 2.24) is 15.0 Å². The second-order valence-electron chi connectivity index (χ2n) is 5.63. The van der Waals surface area contributed by atoms with E-state index in [-0.39, 0.29) is 0 Å². The number of nitrogens with zero attached hydrogens (tertiary/aromatic N) is 3. The van der Waals surface area contributed by atoms with E-state index in [1.807, 2.05) is 50.2 Å². The van der Waals surface area contributed by atoms with Crippen molar-refractivity contribution in [2.24, 2.45) is 0 Å². The first-order valence-corrected chi connectivity index (χ1v) is 8.27. The van der Waals surface area contributed by atoms with Crippen molar-refractivity contribution in [2.75, 3.05) is 0 Å². The van der Waals surface area contributed by atoms with Crippen molar-refractivity contribution in [2.45, 2.75) is 27.2 Å². The van der Waals surface area contributed by atoms with Crippen molar-refractivity contribution in [3.63, 3.8) is 0 Å². The van der Waals surface area contributed by atoms with Crippen LogP contribution in [0.4, 0.5) is 0 Å². The van der Waals surface area contributed by atoms with E-state index >= 15 is 0 Å². The molecule has 0 aliphatic heterocycles. The number of benzene rings is 1. The fourth-order valence-corrected chi connectivity index (χ4v) is 2.72. The lowest BCUT2D eigenvalue weighted by atomic mass is 10.1. The molecule has 1 aromatic carbocycles. The lowest BCUT2D eigenvalue weighted by molar-refractivity contribution is 1.07. The number of pyridine rings is 1. The minimum atomic E-state index is 0.669. The van der Waals surface area contributed by atoms with Crippen molar-refractivity contribution in [3.05, 3.63) is 64.8 Å². The van der Waals surface area contributed by atoms with Gasteiger partial charge in [-0.1, -0.05) is 55.5 Å². The third kappa shape index (κ3) is 3.25. The molecule has 0 spiro atoms. The van der Waals surface area contributed by atoms with Crippen LogP contribution in [0.1, 0.15) is 26.0 Å². The molecule has 2 aromatic heterocycles. The van der Waals surface area contributed by atoms with Crippen LogP contribution in [0, 0.1) is 6.92 Å². The van der Waals surface area contributed by atoms with Gasteiger partial charge >= 0.3 is 0 Å². The quantitative estimate of drug-likeness (QED) is 0.742. The molecule has 0 unspecified atom stereocenters. The Morgan fingerprint density at radius 3 is 2.38 bits per heavy atom. The van der Waals surface area contributed by atoms with Gasteiger partial charge in [0.25, 0.3) is 0 Å². The predicted octanol–water partition coefficient (Wildman–Crippen LogP) is 3.50. The zero-order chi connectivity index (χ0) is 16.9. The number of aromatic nitrogens is 3. The summed E-state index contributed by atoms with van der Waals surface area (Å²) in [6, 6.07) is 16.2. The molecular weight excluding hydrogens is 294 g/mol. The highest BCUT2D eigenvalue weighted by Crippen LogP contribution is 2.16. The van der Waals surface area contributed by atoms with E-state index < -0.39 is 0 Å². The Bertz CT molecular complexity index is 960. The van der Waals surface area contributed by atoms with Crippen LogP contribution < -0.4 is 10.6 Å². The van der Waals surface area contributed by atoms with Gasteiger partial charge in [0.05, 0.1) is 11.0 Å². The second kappa shape index (κ2) is 7.18. The standard InChI is InChI=1S/C21H21N3/c1-4-10-18-17(5-2)20(16-12-7-6-8-13-16)24-21(23-18)19-14-9-11-15(3)22-19/h5-14H,4H2,1-3H3/b17-5+,18-10+. The Labute approximate surface area is 142 Å². The highest BCUT2D eigenvalue weighted by molar-refractivity contribution is 5.64. The van der Waals surface area contributed by atoms with Crippen molar-refractivity contribution < 1.29 is 0 Å². The monoisotopic (exact) mass is 315 g/mol. The molecular formula is C21H21N3. The van der Waals surface area contributed by atoms with E-state index in [1.165, 1.54) is 0 Å². The third-order valence-electron chi connectivity index (χ3n) is 3.83. The molecule has 0 aliphatic rings. The molecule has 3 aromatic rings. The zero-order valence-electron chi connectivity index (χ0n) is 14.3. The van der Waals surface area contributed by atoms with E-state index in [1.54, 1.807) is 0 Å². The topological polar surface area (TPSA) is 38.7 Å². The Balaban J connectivity index is 2.34. The summed E-state index contributed by atoms with van der Waals surface area (Å²) in [5.74, 6) is 0.669. The lowest BCUT2D eigenvalue weighted by Gasteiger charge is -2.07. The Hall–Kier alpha value is -2.81. The summed E-state index contributed by atoms with van der Waals surface area (Å²) in [5.41, 5.74) is 3.81. The van der Waals surface area contributed by atoms with Crippen molar-refractivity contribution in [3.8, 4) is 22.8 Å². The fraction of sp³-hybridized carbons (Fsp3) is 0.190. The SMILES string of the molecule is C/C=c1/c(-c2ccccc2)nc(-c2cccc(C)n2)n/c1=C/CC. The summed E-state index contributed by atoms with van der Waals surface area (Å²) in [5, 5.41) is 2.03. The lowest BCUT2D eigenvalue weighted by Crippen LogP contribution is -2.32. The van der Waals surface area contributed by atoms with E-state index in [4.69, 9.17) is 9.97 Å². The average Bonchev–Trinajstić information content (AvgIpc) is 2.62. The van der Waals surface area contributed by atoms with Crippen molar-refractivity contribution >= 4 is 12.2 Å². The van der Waals surface area contributed by atoms with Crippen LogP contribution >= 0.6 is 0 Å². The minimum Gasteiger partial charge on any atom is -0.250 e. The van der Waals surface area contributed by atoms with E-state index in [2.05, 4.69) is 36.2 Å². The van der Waals surface area contributed by atoms with Gasteiger partial charge in [-0.2, -0.15) is 0 Å². The summed E-state index contributed by atoms with van der Waals surface area (Å²) >= 11 is 0. The molecule has 0 aliphatic carbocycles. The number of rotatable bonds is 3. The number of hydrogen-bond donors (Lipinski definition) is 0. The normalized spacial score (nSPS) is 12.6. The van der Waals surface area contributed by atoms with Crippen LogP contribution in [0.15, 0.2) is 48.5 Å². The van der Waals surface area contributed by atoms with Crippen molar-refractivity contribution in [1.29, 1.82) is 0 Å². The van der Waals surface area contributed by atoms with Gasteiger partial charge in [-0.05, 0) is 32.4 Å². The molecule has 3 rings (SSSR count). The van der Waals surface area contributed by atoms with Crippen LogP contribution in [0.25, 0.3) is 34.9 Å². The van der Waals surface area contributed by atoms with Crippen LogP contribution in [-0.2, 0) is 0 Å². The minimum absolute atomic E-state index is 0.669. The van der Waals surface area contributed by atoms with Gasteiger partial charge in [-0.15, -0.1) is 0 Å². The van der Waals surface area contributed by atoms with E-state index in [0.29, 0.717) is 5.82 Å². The van der Waals surface area contributed by atoms with Crippen LogP contribution in [0.3, 0.4) is 0 Å².